The normalized spacial score (nSPS) is 20.4. The highest BCUT2D eigenvalue weighted by molar-refractivity contribution is 6.01. The van der Waals surface area contributed by atoms with Gasteiger partial charge in [0, 0.05) is 29.5 Å². The molecule has 1 aromatic carbocycles. The van der Waals surface area contributed by atoms with E-state index in [-0.39, 0.29) is 22.7 Å². The summed E-state index contributed by atoms with van der Waals surface area (Å²) >= 11 is 0. The number of benzene rings is 1. The molecule has 158 valence electrons. The highest BCUT2D eigenvalue weighted by Crippen LogP contribution is 2.38. The summed E-state index contributed by atoms with van der Waals surface area (Å²) in [6.45, 7) is 4.23. The maximum Gasteiger partial charge on any atom is 0.417 e. The van der Waals surface area contributed by atoms with E-state index in [4.69, 9.17) is 4.42 Å². The number of hydrogen-bond acceptors (Lipinski definition) is 5. The number of allylic oxidation sites excluding steroid dienone is 1. The first kappa shape index (κ1) is 20.3. The van der Waals surface area contributed by atoms with Gasteiger partial charge in [-0.15, -0.1) is 0 Å². The van der Waals surface area contributed by atoms with Crippen molar-refractivity contribution in [3.05, 3.63) is 49.0 Å². The van der Waals surface area contributed by atoms with E-state index in [1.54, 1.807) is 24.3 Å². The van der Waals surface area contributed by atoms with Crippen LogP contribution >= 0.6 is 0 Å². The summed E-state index contributed by atoms with van der Waals surface area (Å²) in [7, 11) is 1.85. The molecule has 3 heterocycles. The number of nitrogens with one attached hydrogen (secondary N) is 1. The van der Waals surface area contributed by atoms with Crippen molar-refractivity contribution in [1.29, 1.82) is 0 Å². The molecule has 1 N–H and O–H groups in total. The number of likely N-dealkylation sites (tertiary alicyclic amines) is 1. The van der Waals surface area contributed by atoms with Gasteiger partial charge in [0.15, 0.2) is 0 Å². The largest absolute Gasteiger partial charge is 0.443 e. The lowest BCUT2D eigenvalue weighted by molar-refractivity contribution is -0.0688. The lowest BCUT2D eigenvalue weighted by Gasteiger charge is -2.33. The van der Waals surface area contributed by atoms with E-state index < -0.39 is 24.0 Å². The van der Waals surface area contributed by atoms with Crippen molar-refractivity contribution in [2.24, 2.45) is 0 Å². The number of rotatable bonds is 4. The topological polar surface area (TPSA) is 54.2 Å². The molecule has 0 amide bonds. The summed E-state index contributed by atoms with van der Waals surface area (Å²) < 4.78 is 60.1. The third-order valence-corrected chi connectivity index (χ3v) is 5.24. The van der Waals surface area contributed by atoms with Crippen molar-refractivity contribution in [3.8, 4) is 11.6 Å². The lowest BCUT2D eigenvalue weighted by atomic mass is 9.99. The van der Waals surface area contributed by atoms with Gasteiger partial charge in [0.2, 0.25) is 5.89 Å². The molecule has 1 unspecified atom stereocenters. The standard InChI is InChI=1S/C21H20F4N4O/c1-12(21(23,24)25)19-13-4-3-5-16(27-17-6-8-29(2)11-15(17)22)14(13)10-18(28-19)20-26-7-9-30-20/h3-5,7,9-10,15,17,27H,1,6,8,11H2,2H3/t15?,17-/m1/s1. The molecule has 1 fully saturated rings. The smallest absolute Gasteiger partial charge is 0.417 e. The Morgan fingerprint density at radius 3 is 2.77 bits per heavy atom. The first-order chi connectivity index (χ1) is 14.2. The fraction of sp³-hybridized carbons (Fsp3) is 0.333. The first-order valence-electron chi connectivity index (χ1n) is 9.43. The molecule has 9 heteroatoms. The Morgan fingerprint density at radius 2 is 2.10 bits per heavy atom. The second-order valence-corrected chi connectivity index (χ2v) is 7.39. The van der Waals surface area contributed by atoms with Gasteiger partial charge in [-0.1, -0.05) is 18.7 Å². The molecule has 0 spiro atoms. The average molecular weight is 420 g/mol. The molecule has 0 radical (unpaired) electrons. The van der Waals surface area contributed by atoms with E-state index in [0.29, 0.717) is 24.0 Å². The zero-order valence-corrected chi connectivity index (χ0v) is 16.2. The average Bonchev–Trinajstić information content (AvgIpc) is 3.23. The summed E-state index contributed by atoms with van der Waals surface area (Å²) in [5.74, 6) is 0.0885. The maximum absolute atomic E-state index is 14.5. The summed E-state index contributed by atoms with van der Waals surface area (Å²) in [6.07, 6.45) is -2.48. The molecular formula is C21H20F4N4O. The Labute approximate surface area is 170 Å². The second kappa shape index (κ2) is 7.71. The number of alkyl halides is 4. The molecule has 0 saturated carbocycles. The minimum atomic E-state index is -4.66. The molecule has 1 aliphatic heterocycles. The Kier molecular flexibility index (Phi) is 5.23. The van der Waals surface area contributed by atoms with E-state index in [1.165, 1.54) is 12.5 Å². The number of pyridine rings is 1. The number of fused-ring (bicyclic) bond motifs is 1. The molecule has 4 rings (SSSR count). The number of hydrogen-bond donors (Lipinski definition) is 1. The number of anilines is 1. The van der Waals surface area contributed by atoms with E-state index in [1.807, 2.05) is 11.9 Å². The number of nitrogens with zero attached hydrogens (tertiary/aromatic N) is 3. The van der Waals surface area contributed by atoms with Crippen LogP contribution in [0.5, 0.6) is 0 Å². The van der Waals surface area contributed by atoms with Crippen molar-refractivity contribution in [3.63, 3.8) is 0 Å². The van der Waals surface area contributed by atoms with Gasteiger partial charge in [0.05, 0.1) is 23.5 Å². The monoisotopic (exact) mass is 420 g/mol. The maximum atomic E-state index is 14.5. The highest BCUT2D eigenvalue weighted by atomic mass is 19.4. The van der Waals surface area contributed by atoms with Crippen LogP contribution in [-0.2, 0) is 0 Å². The fourth-order valence-corrected chi connectivity index (χ4v) is 3.65. The van der Waals surface area contributed by atoms with E-state index >= 15 is 0 Å². The van der Waals surface area contributed by atoms with Crippen LogP contribution in [0.1, 0.15) is 12.1 Å². The minimum absolute atomic E-state index is 0.0885. The molecule has 30 heavy (non-hydrogen) atoms. The summed E-state index contributed by atoms with van der Waals surface area (Å²) in [5, 5.41) is 3.91. The quantitative estimate of drug-likeness (QED) is 0.608. The van der Waals surface area contributed by atoms with Crippen molar-refractivity contribution in [2.75, 3.05) is 25.5 Å². The Balaban J connectivity index is 1.84. The third kappa shape index (κ3) is 3.89. The lowest BCUT2D eigenvalue weighted by Crippen LogP contribution is -2.46. The number of oxazole rings is 1. The molecule has 0 aliphatic carbocycles. The summed E-state index contributed by atoms with van der Waals surface area (Å²) in [6, 6.07) is 6.03. The fourth-order valence-electron chi connectivity index (χ4n) is 3.65. The zero-order chi connectivity index (χ0) is 21.5. The van der Waals surface area contributed by atoms with Crippen LogP contribution in [0.2, 0.25) is 0 Å². The number of halogens is 4. The van der Waals surface area contributed by atoms with Crippen LogP contribution in [0.25, 0.3) is 27.9 Å². The van der Waals surface area contributed by atoms with Crippen LogP contribution in [0.15, 0.2) is 47.7 Å². The van der Waals surface area contributed by atoms with Crippen molar-refractivity contribution in [1.82, 2.24) is 14.9 Å². The molecular weight excluding hydrogens is 400 g/mol. The van der Waals surface area contributed by atoms with Crippen LogP contribution in [0.4, 0.5) is 23.2 Å². The first-order valence-corrected chi connectivity index (χ1v) is 9.43. The minimum Gasteiger partial charge on any atom is -0.443 e. The molecule has 0 bridgehead atoms. The highest BCUT2D eigenvalue weighted by Gasteiger charge is 2.35. The zero-order valence-electron chi connectivity index (χ0n) is 16.2. The Morgan fingerprint density at radius 1 is 1.30 bits per heavy atom. The van der Waals surface area contributed by atoms with Crippen LogP contribution < -0.4 is 5.32 Å². The number of piperidine rings is 1. The molecule has 2 aromatic heterocycles. The van der Waals surface area contributed by atoms with Gasteiger partial charge in [-0.05, 0) is 25.6 Å². The van der Waals surface area contributed by atoms with Gasteiger partial charge >= 0.3 is 6.18 Å². The molecule has 1 aliphatic rings. The van der Waals surface area contributed by atoms with Gasteiger partial charge in [-0.3, -0.25) is 0 Å². The van der Waals surface area contributed by atoms with E-state index in [9.17, 15) is 17.6 Å². The second-order valence-electron chi connectivity index (χ2n) is 7.39. The number of aromatic nitrogens is 2. The molecule has 3 aromatic rings. The van der Waals surface area contributed by atoms with Gasteiger partial charge in [0.25, 0.3) is 0 Å². The summed E-state index contributed by atoms with van der Waals surface area (Å²) in [4.78, 5) is 10.0. The SMILES string of the molecule is C=C(c1nc(-c2ncco2)cc2c(N[C@@H]3CCN(C)CC3F)cccc12)C(F)(F)F. The van der Waals surface area contributed by atoms with Crippen LogP contribution in [0.3, 0.4) is 0 Å². The van der Waals surface area contributed by atoms with Crippen LogP contribution in [-0.4, -0.2) is 53.4 Å². The van der Waals surface area contributed by atoms with Gasteiger partial charge in [-0.2, -0.15) is 13.2 Å². The third-order valence-electron chi connectivity index (χ3n) is 5.24. The predicted octanol–water partition coefficient (Wildman–Crippen LogP) is 4.92. The molecule has 5 nitrogen and oxygen atoms in total. The molecule has 1 saturated heterocycles. The van der Waals surface area contributed by atoms with Gasteiger partial charge in [0.1, 0.15) is 18.1 Å². The van der Waals surface area contributed by atoms with Crippen molar-refractivity contribution >= 4 is 22.0 Å². The van der Waals surface area contributed by atoms with E-state index in [2.05, 4.69) is 21.9 Å². The van der Waals surface area contributed by atoms with Crippen LogP contribution in [0, 0.1) is 0 Å². The van der Waals surface area contributed by atoms with Crippen molar-refractivity contribution in [2.45, 2.75) is 24.8 Å². The van der Waals surface area contributed by atoms with E-state index in [0.717, 1.165) is 6.54 Å². The predicted molar refractivity (Wildman–Crippen MR) is 107 cm³/mol. The molecule has 2 atom stereocenters. The van der Waals surface area contributed by atoms with Gasteiger partial charge < -0.3 is 14.6 Å². The summed E-state index contributed by atoms with van der Waals surface area (Å²) in [5.41, 5.74) is -0.712. The van der Waals surface area contributed by atoms with Crippen molar-refractivity contribution < 1.29 is 22.0 Å². The Hall–Kier alpha value is -2.94. The Bertz CT molecular complexity index is 1060. The van der Waals surface area contributed by atoms with Gasteiger partial charge in [-0.25, -0.2) is 14.4 Å².